The fraction of sp³-hybridized carbons (Fsp3) is 0.0714. The number of hydrogen-bond donors (Lipinski definition) is 0. The van der Waals surface area contributed by atoms with E-state index >= 15 is 0 Å². The fourth-order valence-electron chi connectivity index (χ4n) is 1.85. The van der Waals surface area contributed by atoms with Gasteiger partial charge in [-0.2, -0.15) is 13.2 Å². The van der Waals surface area contributed by atoms with Gasteiger partial charge >= 0.3 is 6.18 Å². The first-order valence-electron chi connectivity index (χ1n) is 6.05. The first kappa shape index (κ1) is 13.3. The molecule has 0 spiro atoms. The highest BCUT2D eigenvalue weighted by atomic mass is 19.4. The van der Waals surface area contributed by atoms with Gasteiger partial charge in [0.1, 0.15) is 5.69 Å². The summed E-state index contributed by atoms with van der Waals surface area (Å²) in [4.78, 5) is 4.12. The highest BCUT2D eigenvalue weighted by Crippen LogP contribution is 2.30. The van der Waals surface area contributed by atoms with Crippen molar-refractivity contribution in [3.05, 3.63) is 60.4 Å². The summed E-state index contributed by atoms with van der Waals surface area (Å²) in [6.45, 7) is 0. The van der Waals surface area contributed by atoms with Crippen LogP contribution in [0.2, 0.25) is 0 Å². The van der Waals surface area contributed by atoms with Gasteiger partial charge in [-0.05, 0) is 30.3 Å². The predicted octanol–water partition coefficient (Wildman–Crippen LogP) is 3.35. The molecule has 0 aliphatic heterocycles. The zero-order chi connectivity index (χ0) is 14.9. The van der Waals surface area contributed by atoms with Crippen molar-refractivity contribution in [1.82, 2.24) is 20.0 Å². The van der Waals surface area contributed by atoms with Crippen molar-refractivity contribution < 1.29 is 13.2 Å². The lowest BCUT2D eigenvalue weighted by atomic mass is 10.2. The quantitative estimate of drug-likeness (QED) is 0.727. The molecule has 7 heteroatoms. The van der Waals surface area contributed by atoms with Crippen LogP contribution in [0.15, 0.2) is 54.9 Å². The molecule has 0 radical (unpaired) electrons. The maximum absolute atomic E-state index is 12.7. The monoisotopic (exact) mass is 290 g/mol. The summed E-state index contributed by atoms with van der Waals surface area (Å²) in [5.41, 5.74) is 0.665. The first-order valence-corrected chi connectivity index (χ1v) is 6.05. The number of alkyl halides is 3. The minimum atomic E-state index is -4.39. The zero-order valence-corrected chi connectivity index (χ0v) is 10.6. The van der Waals surface area contributed by atoms with Gasteiger partial charge in [0.2, 0.25) is 0 Å². The Balaban J connectivity index is 1.97. The lowest BCUT2D eigenvalue weighted by molar-refractivity contribution is -0.137. The third-order valence-corrected chi connectivity index (χ3v) is 2.86. The lowest BCUT2D eigenvalue weighted by Crippen LogP contribution is -2.06. The fourth-order valence-corrected chi connectivity index (χ4v) is 1.85. The predicted molar refractivity (Wildman–Crippen MR) is 69.6 cm³/mol. The van der Waals surface area contributed by atoms with E-state index in [9.17, 15) is 13.2 Å². The van der Waals surface area contributed by atoms with Crippen LogP contribution in [0.25, 0.3) is 17.1 Å². The molecule has 21 heavy (non-hydrogen) atoms. The molecule has 0 saturated heterocycles. The molecule has 0 unspecified atom stereocenters. The number of aromatic nitrogens is 4. The highest BCUT2D eigenvalue weighted by molar-refractivity contribution is 5.52. The molecule has 4 nitrogen and oxygen atoms in total. The Morgan fingerprint density at radius 2 is 1.81 bits per heavy atom. The molecule has 3 aromatic rings. The molecule has 1 aromatic carbocycles. The molecule has 0 aliphatic carbocycles. The summed E-state index contributed by atoms with van der Waals surface area (Å²) < 4.78 is 39.4. The van der Waals surface area contributed by atoms with Crippen LogP contribution in [0.5, 0.6) is 0 Å². The number of hydrogen-bond acceptors (Lipinski definition) is 3. The lowest BCUT2D eigenvalue weighted by Gasteiger charge is -2.07. The number of nitrogens with zero attached hydrogens (tertiary/aromatic N) is 4. The Hall–Kier alpha value is -2.70. The minimum absolute atomic E-state index is 0.291. The third-order valence-electron chi connectivity index (χ3n) is 2.86. The maximum atomic E-state index is 12.7. The largest absolute Gasteiger partial charge is 0.416 e. The number of benzene rings is 1. The van der Waals surface area contributed by atoms with Gasteiger partial charge in [-0.3, -0.25) is 4.98 Å². The standard InChI is InChI=1S/C14H9F3N4/c15-14(16,17)10-4-3-5-11(8-10)21-9-13(19-20-21)12-6-1-2-7-18-12/h1-9H. The zero-order valence-electron chi connectivity index (χ0n) is 10.6. The molecule has 0 aliphatic rings. The Labute approximate surface area is 117 Å². The molecular formula is C14H9F3N4. The maximum Gasteiger partial charge on any atom is 0.416 e. The van der Waals surface area contributed by atoms with E-state index in [-0.39, 0.29) is 0 Å². The van der Waals surface area contributed by atoms with E-state index in [0.717, 1.165) is 12.1 Å². The van der Waals surface area contributed by atoms with Gasteiger partial charge in [0.15, 0.2) is 0 Å². The van der Waals surface area contributed by atoms with Crippen LogP contribution in [0.1, 0.15) is 5.56 Å². The van der Waals surface area contributed by atoms with Crippen molar-refractivity contribution in [3.8, 4) is 17.1 Å². The van der Waals surface area contributed by atoms with E-state index in [2.05, 4.69) is 15.3 Å². The smallest absolute Gasteiger partial charge is 0.254 e. The van der Waals surface area contributed by atoms with Crippen LogP contribution in [0, 0.1) is 0 Å². The Morgan fingerprint density at radius 3 is 2.52 bits per heavy atom. The van der Waals surface area contributed by atoms with Gasteiger partial charge in [0, 0.05) is 6.20 Å². The summed E-state index contributed by atoms with van der Waals surface area (Å²) in [5, 5.41) is 7.77. The van der Waals surface area contributed by atoms with Crippen molar-refractivity contribution in [2.24, 2.45) is 0 Å². The number of rotatable bonds is 2. The normalized spacial score (nSPS) is 11.6. The second-order valence-electron chi connectivity index (χ2n) is 4.31. The number of halogens is 3. The van der Waals surface area contributed by atoms with Crippen molar-refractivity contribution in [2.45, 2.75) is 6.18 Å². The van der Waals surface area contributed by atoms with E-state index in [1.807, 2.05) is 0 Å². The molecule has 0 fully saturated rings. The molecule has 0 bridgehead atoms. The van der Waals surface area contributed by atoms with E-state index in [4.69, 9.17) is 0 Å². The van der Waals surface area contributed by atoms with E-state index < -0.39 is 11.7 Å². The topological polar surface area (TPSA) is 43.6 Å². The Bertz CT molecular complexity index is 750. The van der Waals surface area contributed by atoms with E-state index in [1.54, 1.807) is 24.4 Å². The van der Waals surface area contributed by atoms with Crippen molar-refractivity contribution >= 4 is 0 Å². The van der Waals surface area contributed by atoms with Gasteiger partial charge in [0.05, 0.1) is 23.1 Å². The molecular weight excluding hydrogens is 281 g/mol. The SMILES string of the molecule is FC(F)(F)c1cccc(-n2cc(-c3ccccn3)nn2)c1. The summed E-state index contributed by atoms with van der Waals surface area (Å²) in [6.07, 6.45) is -1.24. The molecule has 0 atom stereocenters. The minimum Gasteiger partial charge on any atom is -0.254 e. The molecule has 2 heterocycles. The van der Waals surface area contributed by atoms with Crippen LogP contribution in [0.4, 0.5) is 13.2 Å². The molecule has 0 amide bonds. The van der Waals surface area contributed by atoms with Gasteiger partial charge in [-0.1, -0.05) is 17.3 Å². The van der Waals surface area contributed by atoms with Gasteiger partial charge in [-0.25, -0.2) is 4.68 Å². The summed E-state index contributed by atoms with van der Waals surface area (Å²) in [7, 11) is 0. The second kappa shape index (κ2) is 5.01. The van der Waals surface area contributed by atoms with Crippen molar-refractivity contribution in [3.63, 3.8) is 0 Å². The summed E-state index contributed by atoms with van der Waals surface area (Å²) >= 11 is 0. The molecule has 0 saturated carbocycles. The summed E-state index contributed by atoms with van der Waals surface area (Å²) in [6, 6.07) is 10.2. The average Bonchev–Trinajstić information content (AvgIpc) is 2.97. The van der Waals surface area contributed by atoms with E-state index in [1.165, 1.54) is 23.0 Å². The van der Waals surface area contributed by atoms with Crippen molar-refractivity contribution in [2.75, 3.05) is 0 Å². The van der Waals surface area contributed by atoms with Gasteiger partial charge in [0.25, 0.3) is 0 Å². The van der Waals surface area contributed by atoms with Crippen LogP contribution < -0.4 is 0 Å². The molecule has 2 aromatic heterocycles. The third kappa shape index (κ3) is 2.76. The van der Waals surface area contributed by atoms with Gasteiger partial charge < -0.3 is 0 Å². The van der Waals surface area contributed by atoms with Gasteiger partial charge in [-0.15, -0.1) is 5.10 Å². The van der Waals surface area contributed by atoms with Crippen LogP contribution in [-0.2, 0) is 6.18 Å². The Kier molecular flexibility index (Phi) is 3.17. The molecule has 3 rings (SSSR count). The highest BCUT2D eigenvalue weighted by Gasteiger charge is 2.30. The second-order valence-corrected chi connectivity index (χ2v) is 4.31. The Morgan fingerprint density at radius 1 is 0.952 bits per heavy atom. The number of pyridine rings is 1. The van der Waals surface area contributed by atoms with Crippen LogP contribution in [-0.4, -0.2) is 20.0 Å². The van der Waals surface area contributed by atoms with Crippen molar-refractivity contribution in [1.29, 1.82) is 0 Å². The summed E-state index contributed by atoms with van der Waals surface area (Å²) in [5.74, 6) is 0. The first-order chi connectivity index (χ1) is 10.0. The molecule has 0 N–H and O–H groups in total. The van der Waals surface area contributed by atoms with E-state index in [0.29, 0.717) is 17.1 Å². The van der Waals surface area contributed by atoms with Crippen LogP contribution in [0.3, 0.4) is 0 Å². The van der Waals surface area contributed by atoms with Crippen LogP contribution >= 0.6 is 0 Å². The molecule has 106 valence electrons. The average molecular weight is 290 g/mol.